The summed E-state index contributed by atoms with van der Waals surface area (Å²) in [7, 11) is 0. The molecule has 3 N–H and O–H groups in total. The number of rotatable bonds is 16. The first kappa shape index (κ1) is 28.8. The molecule has 0 aliphatic heterocycles. The summed E-state index contributed by atoms with van der Waals surface area (Å²) in [6, 6.07) is 6.46. The van der Waals surface area contributed by atoms with E-state index in [2.05, 4.69) is 32.4 Å². The number of para-hydroxylation sites is 1. The fraction of sp³-hybridized carbons (Fsp3) is 0.731. The molecule has 0 aliphatic rings. The zero-order valence-corrected chi connectivity index (χ0v) is 21.7. The Labute approximate surface area is 199 Å². The van der Waals surface area contributed by atoms with Crippen molar-refractivity contribution in [2.24, 2.45) is 23.7 Å². The molecule has 0 fully saturated rings. The van der Waals surface area contributed by atoms with Gasteiger partial charge in [0, 0.05) is 5.92 Å². The van der Waals surface area contributed by atoms with Crippen LogP contribution in [-0.4, -0.2) is 27.8 Å². The predicted octanol–water partition coefficient (Wildman–Crippen LogP) is 6.75. The zero-order valence-electron chi connectivity index (χ0n) is 20.8. The number of carbonyl (C=O) groups is 1. The highest BCUT2D eigenvalue weighted by Crippen LogP contribution is 2.28. The second-order valence-corrected chi connectivity index (χ2v) is 10.6. The van der Waals surface area contributed by atoms with Gasteiger partial charge in [-0.15, -0.1) is 0 Å². The molecule has 0 bridgehead atoms. The van der Waals surface area contributed by atoms with Crippen molar-refractivity contribution in [3.8, 4) is 5.75 Å². The van der Waals surface area contributed by atoms with Crippen molar-refractivity contribution in [3.05, 3.63) is 29.8 Å². The summed E-state index contributed by atoms with van der Waals surface area (Å²) in [6.07, 6.45) is 7.49. The number of phenols is 1. The van der Waals surface area contributed by atoms with Crippen molar-refractivity contribution in [1.82, 2.24) is 4.72 Å². The van der Waals surface area contributed by atoms with E-state index < -0.39 is 6.29 Å². The first-order valence-corrected chi connectivity index (χ1v) is 13.1. The third-order valence-electron chi connectivity index (χ3n) is 6.17. The highest BCUT2D eigenvalue weighted by atomic mass is 32.2. The minimum absolute atomic E-state index is 0.0373. The Morgan fingerprint density at radius 3 is 2.19 bits per heavy atom. The smallest absolute Gasteiger partial charge is 0.264 e. The van der Waals surface area contributed by atoms with Crippen LogP contribution in [0, 0.1) is 23.7 Å². The molecule has 5 nitrogen and oxygen atoms in total. The molecule has 5 atom stereocenters. The van der Waals surface area contributed by atoms with Crippen molar-refractivity contribution in [2.75, 3.05) is 0 Å². The number of aromatic hydroxyl groups is 1. The summed E-state index contributed by atoms with van der Waals surface area (Å²) in [5.74, 6) is 1.22. The highest BCUT2D eigenvalue weighted by Gasteiger charge is 2.25. The molecule has 1 rings (SSSR count). The van der Waals surface area contributed by atoms with Gasteiger partial charge in [-0.25, -0.2) is 0 Å². The van der Waals surface area contributed by atoms with Gasteiger partial charge in [0.05, 0.1) is 5.56 Å². The number of aliphatic hydroxyl groups excluding tert-OH is 1. The predicted molar refractivity (Wildman–Crippen MR) is 134 cm³/mol. The molecular weight excluding hydrogens is 422 g/mol. The Morgan fingerprint density at radius 1 is 1.00 bits per heavy atom. The number of ether oxygens (including phenoxy) is 1. The number of carbonyl (C=O) groups excluding carboxylic acids is 1. The van der Waals surface area contributed by atoms with Gasteiger partial charge in [-0.05, 0) is 48.3 Å². The topological polar surface area (TPSA) is 78.8 Å². The number of hydrogen-bond acceptors (Lipinski definition) is 5. The van der Waals surface area contributed by atoms with E-state index in [0.29, 0.717) is 5.92 Å². The Balaban J connectivity index is 2.55. The summed E-state index contributed by atoms with van der Waals surface area (Å²) in [4.78, 5) is 12.5. The normalized spacial score (nSPS) is 16.4. The minimum atomic E-state index is -0.892. The molecule has 0 spiro atoms. The van der Waals surface area contributed by atoms with Gasteiger partial charge in [0.1, 0.15) is 11.2 Å². The van der Waals surface area contributed by atoms with Crippen molar-refractivity contribution < 1.29 is 19.7 Å². The summed E-state index contributed by atoms with van der Waals surface area (Å²) < 4.78 is 8.68. The van der Waals surface area contributed by atoms with Gasteiger partial charge in [0.2, 0.25) is 0 Å². The highest BCUT2D eigenvalue weighted by molar-refractivity contribution is 7.98. The number of nitrogens with one attached hydrogen (secondary N) is 1. The first-order valence-electron chi connectivity index (χ1n) is 12.2. The number of aliphatic hydroxyl groups is 1. The number of amides is 1. The maximum Gasteiger partial charge on any atom is 0.264 e. The van der Waals surface area contributed by atoms with Crippen LogP contribution in [0.1, 0.15) is 96.8 Å². The molecule has 0 aromatic heterocycles. The minimum Gasteiger partial charge on any atom is -0.507 e. The van der Waals surface area contributed by atoms with E-state index in [-0.39, 0.29) is 34.5 Å². The first-order chi connectivity index (χ1) is 15.1. The molecule has 1 aromatic carbocycles. The molecule has 1 amide bonds. The largest absolute Gasteiger partial charge is 0.507 e. The van der Waals surface area contributed by atoms with E-state index in [4.69, 9.17) is 4.74 Å². The lowest BCUT2D eigenvalue weighted by molar-refractivity contribution is -0.145. The average molecular weight is 468 g/mol. The van der Waals surface area contributed by atoms with E-state index in [9.17, 15) is 15.0 Å². The van der Waals surface area contributed by atoms with Gasteiger partial charge < -0.3 is 14.9 Å². The number of benzene rings is 1. The van der Waals surface area contributed by atoms with E-state index >= 15 is 0 Å². The second kappa shape index (κ2) is 15.6. The standard InChI is InChI=1S/C26H45NO4S/c1-7-19(4)12-10-13-20(5)14-11-15-21(6)26(31-25(30)18(2)3)32-27-24(29)22-16-8-9-17-23(22)28/h8-9,16-21,25-26,28,30H,7,10-15H2,1-6H3,(H,27,29)/t19-,20-,21-,25-,26-/m0/s1. The van der Waals surface area contributed by atoms with Gasteiger partial charge in [0.25, 0.3) is 5.91 Å². The molecular formula is C26H45NO4S. The molecule has 32 heavy (non-hydrogen) atoms. The van der Waals surface area contributed by atoms with Crippen molar-refractivity contribution in [1.29, 1.82) is 0 Å². The summed E-state index contributed by atoms with van der Waals surface area (Å²) in [5.41, 5.74) is -0.148. The fourth-order valence-corrected chi connectivity index (χ4v) is 4.36. The fourth-order valence-electron chi connectivity index (χ4n) is 3.49. The van der Waals surface area contributed by atoms with E-state index in [1.54, 1.807) is 18.2 Å². The molecule has 0 unspecified atom stereocenters. The molecule has 0 radical (unpaired) electrons. The van der Waals surface area contributed by atoms with Crippen LogP contribution in [0.2, 0.25) is 0 Å². The third-order valence-corrected chi connectivity index (χ3v) is 7.28. The van der Waals surface area contributed by atoms with Crippen LogP contribution in [0.5, 0.6) is 5.75 Å². The molecule has 6 heteroatoms. The number of phenolic OH excluding ortho intramolecular Hbond substituents is 1. The Kier molecular flexibility index (Phi) is 14.0. The lowest BCUT2D eigenvalue weighted by atomic mass is 9.92. The lowest BCUT2D eigenvalue weighted by Gasteiger charge is -2.28. The average Bonchev–Trinajstić information content (AvgIpc) is 2.76. The van der Waals surface area contributed by atoms with Crippen molar-refractivity contribution >= 4 is 17.9 Å². The Hall–Kier alpha value is -1.24. The van der Waals surface area contributed by atoms with Crippen LogP contribution in [0.3, 0.4) is 0 Å². The second-order valence-electron chi connectivity index (χ2n) is 9.66. The SMILES string of the molecule is CC[C@H](C)CCC[C@H](C)CCC[C@H](C)[C@@H](O[C@H](O)C(C)C)SNC(=O)c1ccccc1O. The third kappa shape index (κ3) is 11.1. The Bertz CT molecular complexity index is 654. The van der Waals surface area contributed by atoms with Crippen molar-refractivity contribution in [3.63, 3.8) is 0 Å². The maximum atomic E-state index is 12.5. The van der Waals surface area contributed by atoms with Crippen molar-refractivity contribution in [2.45, 2.75) is 98.2 Å². The molecule has 184 valence electrons. The van der Waals surface area contributed by atoms with Gasteiger partial charge >= 0.3 is 0 Å². The van der Waals surface area contributed by atoms with Gasteiger partial charge in [-0.2, -0.15) is 0 Å². The molecule has 0 saturated carbocycles. The summed E-state index contributed by atoms with van der Waals surface area (Å²) in [6.45, 7) is 12.8. The molecule has 0 aliphatic carbocycles. The van der Waals surface area contributed by atoms with Crippen LogP contribution in [0.25, 0.3) is 0 Å². The van der Waals surface area contributed by atoms with Crippen LogP contribution in [0.4, 0.5) is 0 Å². The number of hydrogen-bond donors (Lipinski definition) is 3. The Morgan fingerprint density at radius 2 is 1.59 bits per heavy atom. The van der Waals surface area contributed by atoms with E-state index in [1.807, 2.05) is 13.8 Å². The maximum absolute atomic E-state index is 12.5. The van der Waals surface area contributed by atoms with Crippen LogP contribution < -0.4 is 4.72 Å². The van der Waals surface area contributed by atoms with E-state index in [1.165, 1.54) is 50.1 Å². The summed E-state index contributed by atoms with van der Waals surface area (Å²) in [5, 5.41) is 20.2. The van der Waals surface area contributed by atoms with Gasteiger partial charge in [0.15, 0.2) is 6.29 Å². The van der Waals surface area contributed by atoms with E-state index in [0.717, 1.165) is 18.8 Å². The quantitative estimate of drug-likeness (QED) is 0.185. The molecule has 0 heterocycles. The van der Waals surface area contributed by atoms with Gasteiger partial charge in [-0.1, -0.05) is 92.2 Å². The monoisotopic (exact) mass is 467 g/mol. The van der Waals surface area contributed by atoms with Crippen LogP contribution in [0.15, 0.2) is 24.3 Å². The van der Waals surface area contributed by atoms with Crippen LogP contribution >= 0.6 is 11.9 Å². The van der Waals surface area contributed by atoms with Gasteiger partial charge in [-0.3, -0.25) is 9.52 Å². The summed E-state index contributed by atoms with van der Waals surface area (Å²) >= 11 is 1.17. The molecule has 1 aromatic rings. The lowest BCUT2D eigenvalue weighted by Crippen LogP contribution is -2.32. The van der Waals surface area contributed by atoms with Crippen LogP contribution in [-0.2, 0) is 4.74 Å². The molecule has 0 saturated heterocycles. The zero-order chi connectivity index (χ0) is 24.1.